The van der Waals surface area contributed by atoms with Crippen LogP contribution in [0.2, 0.25) is 0 Å². The third-order valence-corrected chi connectivity index (χ3v) is 2.15. The van der Waals surface area contributed by atoms with E-state index in [9.17, 15) is 9.90 Å². The summed E-state index contributed by atoms with van der Waals surface area (Å²) in [6, 6.07) is 3.64. The molecule has 1 N–H and O–H groups in total. The Bertz CT molecular complexity index is 413. The van der Waals surface area contributed by atoms with Gasteiger partial charge in [-0.25, -0.2) is 0 Å². The van der Waals surface area contributed by atoms with Crippen LogP contribution in [-0.2, 0) is 4.79 Å². The molecule has 4 heteroatoms. The second-order valence-corrected chi connectivity index (χ2v) is 4.79. The summed E-state index contributed by atoms with van der Waals surface area (Å²) in [7, 11) is 1.65. The zero-order chi connectivity index (χ0) is 13.1. The van der Waals surface area contributed by atoms with Crippen LogP contribution in [0.3, 0.4) is 0 Å². The third kappa shape index (κ3) is 4.87. The highest BCUT2D eigenvalue weighted by atomic mass is 16.3. The van der Waals surface area contributed by atoms with Crippen LogP contribution in [0.4, 0.5) is 0 Å². The predicted molar refractivity (Wildman–Crippen MR) is 66.4 cm³/mol. The first-order valence-corrected chi connectivity index (χ1v) is 5.50. The quantitative estimate of drug-likeness (QED) is 0.813. The van der Waals surface area contributed by atoms with Gasteiger partial charge in [-0.05, 0) is 39.0 Å². The molecule has 0 saturated heterocycles. The number of carbonyl (C=O) groups is 1. The summed E-state index contributed by atoms with van der Waals surface area (Å²) in [5.74, 6) is 1.29. The number of nitrogens with zero attached hydrogens (tertiary/aromatic N) is 1. The standard InChI is InChI=1S/C13H19NO3/c1-10-5-6-11(17-10)7-8-12(15)14(4)9-13(2,3)16/h5-8,16H,9H2,1-4H3/b8-7+. The lowest BCUT2D eigenvalue weighted by Gasteiger charge is -2.24. The molecule has 1 aromatic rings. The number of furan rings is 1. The van der Waals surface area contributed by atoms with E-state index in [4.69, 9.17) is 4.42 Å². The van der Waals surface area contributed by atoms with Crippen molar-refractivity contribution in [1.29, 1.82) is 0 Å². The van der Waals surface area contributed by atoms with Crippen molar-refractivity contribution in [3.63, 3.8) is 0 Å². The Hall–Kier alpha value is -1.55. The molecule has 0 aromatic carbocycles. The van der Waals surface area contributed by atoms with Crippen molar-refractivity contribution in [2.24, 2.45) is 0 Å². The normalized spacial score (nSPS) is 12.1. The van der Waals surface area contributed by atoms with Crippen LogP contribution >= 0.6 is 0 Å². The first-order valence-electron chi connectivity index (χ1n) is 5.50. The number of hydrogen-bond acceptors (Lipinski definition) is 3. The Balaban J connectivity index is 2.57. The van der Waals surface area contributed by atoms with Gasteiger partial charge in [-0.3, -0.25) is 4.79 Å². The molecule has 4 nitrogen and oxygen atoms in total. The summed E-state index contributed by atoms with van der Waals surface area (Å²) in [6.45, 7) is 5.46. The fourth-order valence-corrected chi connectivity index (χ4v) is 1.48. The summed E-state index contributed by atoms with van der Waals surface area (Å²) in [6.07, 6.45) is 3.06. The summed E-state index contributed by atoms with van der Waals surface area (Å²) in [4.78, 5) is 13.2. The minimum atomic E-state index is -0.889. The molecule has 0 radical (unpaired) electrons. The SMILES string of the molecule is Cc1ccc(/C=C/C(=O)N(C)CC(C)(C)O)o1. The summed E-state index contributed by atoms with van der Waals surface area (Å²) in [5.41, 5.74) is -0.889. The molecule has 1 aromatic heterocycles. The van der Waals surface area contributed by atoms with Crippen LogP contribution in [0.1, 0.15) is 25.4 Å². The number of rotatable bonds is 4. The average molecular weight is 237 g/mol. The summed E-state index contributed by atoms with van der Waals surface area (Å²) < 4.78 is 5.31. The second kappa shape index (κ2) is 5.19. The maximum absolute atomic E-state index is 11.7. The molecule has 0 aliphatic carbocycles. The molecule has 0 saturated carbocycles. The molecular formula is C13H19NO3. The Labute approximate surface area is 102 Å². The zero-order valence-corrected chi connectivity index (χ0v) is 10.7. The molecule has 0 unspecified atom stereocenters. The van der Waals surface area contributed by atoms with Crippen molar-refractivity contribution < 1.29 is 14.3 Å². The highest BCUT2D eigenvalue weighted by Gasteiger charge is 2.17. The van der Waals surface area contributed by atoms with E-state index in [0.29, 0.717) is 5.76 Å². The number of carbonyl (C=O) groups excluding carboxylic acids is 1. The fourth-order valence-electron chi connectivity index (χ4n) is 1.48. The van der Waals surface area contributed by atoms with E-state index >= 15 is 0 Å². The van der Waals surface area contributed by atoms with E-state index < -0.39 is 5.60 Å². The van der Waals surface area contributed by atoms with Crippen LogP contribution in [0.5, 0.6) is 0 Å². The van der Waals surface area contributed by atoms with Gasteiger partial charge in [0.05, 0.1) is 5.60 Å². The van der Waals surface area contributed by atoms with Gasteiger partial charge in [0.2, 0.25) is 5.91 Å². The van der Waals surface area contributed by atoms with Crippen LogP contribution in [-0.4, -0.2) is 35.1 Å². The number of amides is 1. The summed E-state index contributed by atoms with van der Waals surface area (Å²) in [5, 5.41) is 9.59. The number of aryl methyl sites for hydroxylation is 1. The van der Waals surface area contributed by atoms with Crippen molar-refractivity contribution in [3.8, 4) is 0 Å². The Morgan fingerprint density at radius 2 is 2.18 bits per heavy atom. The van der Waals surface area contributed by atoms with Gasteiger partial charge in [0.25, 0.3) is 0 Å². The van der Waals surface area contributed by atoms with Gasteiger partial charge in [0, 0.05) is 19.7 Å². The van der Waals surface area contributed by atoms with Gasteiger partial charge >= 0.3 is 0 Å². The summed E-state index contributed by atoms with van der Waals surface area (Å²) >= 11 is 0. The van der Waals surface area contributed by atoms with Crippen LogP contribution in [0.15, 0.2) is 22.6 Å². The molecule has 0 spiro atoms. The smallest absolute Gasteiger partial charge is 0.246 e. The maximum atomic E-state index is 11.7. The van der Waals surface area contributed by atoms with E-state index in [0.717, 1.165) is 5.76 Å². The van der Waals surface area contributed by atoms with E-state index in [1.807, 2.05) is 13.0 Å². The second-order valence-electron chi connectivity index (χ2n) is 4.79. The average Bonchev–Trinajstić information content (AvgIpc) is 2.58. The molecule has 1 rings (SSSR count). The van der Waals surface area contributed by atoms with Gasteiger partial charge in [0.15, 0.2) is 0 Å². The zero-order valence-electron chi connectivity index (χ0n) is 10.7. The maximum Gasteiger partial charge on any atom is 0.246 e. The van der Waals surface area contributed by atoms with Crippen molar-refractivity contribution in [2.45, 2.75) is 26.4 Å². The van der Waals surface area contributed by atoms with E-state index in [1.54, 1.807) is 33.0 Å². The number of likely N-dealkylation sites (N-methyl/N-ethyl adjacent to an activating group) is 1. The van der Waals surface area contributed by atoms with Gasteiger partial charge in [-0.2, -0.15) is 0 Å². The van der Waals surface area contributed by atoms with E-state index in [-0.39, 0.29) is 12.5 Å². The molecule has 0 aliphatic rings. The van der Waals surface area contributed by atoms with Gasteiger partial charge < -0.3 is 14.4 Å². The van der Waals surface area contributed by atoms with E-state index in [2.05, 4.69) is 0 Å². The van der Waals surface area contributed by atoms with Crippen molar-refractivity contribution >= 4 is 12.0 Å². The van der Waals surface area contributed by atoms with E-state index in [1.165, 1.54) is 11.0 Å². The van der Waals surface area contributed by atoms with Crippen molar-refractivity contribution in [2.75, 3.05) is 13.6 Å². The Kier molecular flexibility index (Phi) is 4.12. The highest BCUT2D eigenvalue weighted by molar-refractivity contribution is 5.91. The fraction of sp³-hybridized carbons (Fsp3) is 0.462. The lowest BCUT2D eigenvalue weighted by atomic mass is 10.1. The molecule has 0 atom stereocenters. The topological polar surface area (TPSA) is 53.7 Å². The van der Waals surface area contributed by atoms with Crippen LogP contribution < -0.4 is 0 Å². The van der Waals surface area contributed by atoms with Crippen molar-refractivity contribution in [3.05, 3.63) is 29.7 Å². The molecule has 17 heavy (non-hydrogen) atoms. The first-order chi connectivity index (χ1) is 7.78. The Morgan fingerprint density at radius 1 is 1.53 bits per heavy atom. The van der Waals surface area contributed by atoms with Gasteiger partial charge in [-0.1, -0.05) is 0 Å². The lowest BCUT2D eigenvalue weighted by molar-refractivity contribution is -0.127. The van der Waals surface area contributed by atoms with Gasteiger partial charge in [0.1, 0.15) is 11.5 Å². The molecule has 0 aliphatic heterocycles. The molecule has 0 fully saturated rings. The predicted octanol–water partition coefficient (Wildman–Crippen LogP) is 1.83. The first kappa shape index (κ1) is 13.5. The Morgan fingerprint density at radius 3 is 2.65 bits per heavy atom. The van der Waals surface area contributed by atoms with Crippen LogP contribution in [0.25, 0.3) is 6.08 Å². The minimum Gasteiger partial charge on any atom is -0.462 e. The third-order valence-electron chi connectivity index (χ3n) is 2.15. The van der Waals surface area contributed by atoms with Crippen LogP contribution in [0, 0.1) is 6.92 Å². The van der Waals surface area contributed by atoms with Gasteiger partial charge in [-0.15, -0.1) is 0 Å². The minimum absolute atomic E-state index is 0.166. The molecule has 1 heterocycles. The monoisotopic (exact) mass is 237 g/mol. The number of aliphatic hydroxyl groups is 1. The molecular weight excluding hydrogens is 218 g/mol. The molecule has 1 amide bonds. The molecule has 94 valence electrons. The number of hydrogen-bond donors (Lipinski definition) is 1. The largest absolute Gasteiger partial charge is 0.462 e. The molecule has 0 bridgehead atoms. The highest BCUT2D eigenvalue weighted by Crippen LogP contribution is 2.09. The lowest BCUT2D eigenvalue weighted by Crippen LogP contribution is -2.38. The van der Waals surface area contributed by atoms with Crippen molar-refractivity contribution in [1.82, 2.24) is 4.90 Å².